The van der Waals surface area contributed by atoms with Gasteiger partial charge in [-0.15, -0.1) is 0 Å². The zero-order valence-electron chi connectivity index (χ0n) is 9.40. The van der Waals surface area contributed by atoms with Crippen molar-refractivity contribution in [1.82, 2.24) is 0 Å². The van der Waals surface area contributed by atoms with Crippen LogP contribution in [0.1, 0.15) is 12.5 Å². The van der Waals surface area contributed by atoms with Crippen molar-refractivity contribution in [2.24, 2.45) is 0 Å². The van der Waals surface area contributed by atoms with Crippen LogP contribution in [0.5, 0.6) is 0 Å². The standard InChI is InChI=1S/C11H13BrN2O2/c1-8(14(15)16)6-9-4-5-10(13(2)3)7-11(9)12/h4-7H,1-3H3/b8-6+. The predicted molar refractivity (Wildman–Crippen MR) is 69.1 cm³/mol. The van der Waals surface area contributed by atoms with Gasteiger partial charge in [0.05, 0.1) is 4.92 Å². The van der Waals surface area contributed by atoms with Crippen molar-refractivity contribution in [3.63, 3.8) is 0 Å². The predicted octanol–water partition coefficient (Wildman–Crippen LogP) is 3.15. The summed E-state index contributed by atoms with van der Waals surface area (Å²) in [4.78, 5) is 12.1. The SMILES string of the molecule is C/C(=C\c1ccc(N(C)C)cc1Br)[N+](=O)[O-]. The van der Waals surface area contributed by atoms with Crippen LogP contribution in [0.25, 0.3) is 6.08 Å². The van der Waals surface area contributed by atoms with E-state index < -0.39 is 4.92 Å². The Kier molecular flexibility index (Phi) is 4.06. The molecule has 0 aromatic heterocycles. The first-order chi connectivity index (χ1) is 7.41. The number of hydrogen-bond donors (Lipinski definition) is 0. The number of benzene rings is 1. The first kappa shape index (κ1) is 12.7. The Labute approximate surface area is 103 Å². The molecular formula is C11H13BrN2O2. The first-order valence-corrected chi connectivity index (χ1v) is 5.50. The molecule has 0 aliphatic carbocycles. The Balaban J connectivity index is 3.09. The highest BCUT2D eigenvalue weighted by Crippen LogP contribution is 2.24. The third-order valence-electron chi connectivity index (χ3n) is 2.15. The number of allylic oxidation sites excluding steroid dienone is 1. The van der Waals surface area contributed by atoms with Gasteiger partial charge in [-0.3, -0.25) is 10.1 Å². The fourth-order valence-electron chi connectivity index (χ4n) is 1.19. The van der Waals surface area contributed by atoms with Crippen LogP contribution >= 0.6 is 15.9 Å². The largest absolute Gasteiger partial charge is 0.378 e. The van der Waals surface area contributed by atoms with Crippen LogP contribution in [0.3, 0.4) is 0 Å². The van der Waals surface area contributed by atoms with Gasteiger partial charge in [0.15, 0.2) is 0 Å². The number of hydrogen-bond acceptors (Lipinski definition) is 3. The van der Waals surface area contributed by atoms with Crippen LogP contribution < -0.4 is 4.90 Å². The van der Waals surface area contributed by atoms with E-state index in [1.165, 1.54) is 6.92 Å². The van der Waals surface area contributed by atoms with Gasteiger partial charge in [-0.1, -0.05) is 22.0 Å². The van der Waals surface area contributed by atoms with Crippen LogP contribution in [0, 0.1) is 10.1 Å². The lowest BCUT2D eigenvalue weighted by Crippen LogP contribution is -2.08. The molecule has 0 fully saturated rings. The zero-order valence-corrected chi connectivity index (χ0v) is 11.0. The third kappa shape index (κ3) is 3.06. The molecule has 0 amide bonds. The van der Waals surface area contributed by atoms with Crippen molar-refractivity contribution < 1.29 is 4.92 Å². The molecule has 4 nitrogen and oxygen atoms in total. The van der Waals surface area contributed by atoms with Crippen molar-refractivity contribution in [3.05, 3.63) is 44.0 Å². The highest BCUT2D eigenvalue weighted by Gasteiger charge is 2.06. The molecule has 0 bridgehead atoms. The van der Waals surface area contributed by atoms with E-state index in [0.29, 0.717) is 0 Å². The minimum Gasteiger partial charge on any atom is -0.378 e. The van der Waals surface area contributed by atoms with Crippen molar-refractivity contribution in [2.75, 3.05) is 19.0 Å². The molecular weight excluding hydrogens is 272 g/mol. The Hall–Kier alpha value is -1.36. The molecule has 0 aliphatic heterocycles. The summed E-state index contributed by atoms with van der Waals surface area (Å²) in [5, 5.41) is 10.5. The summed E-state index contributed by atoms with van der Waals surface area (Å²) >= 11 is 3.40. The van der Waals surface area contributed by atoms with E-state index >= 15 is 0 Å². The van der Waals surface area contributed by atoms with Gasteiger partial charge in [0.1, 0.15) is 0 Å². The van der Waals surface area contributed by atoms with Gasteiger partial charge in [0.25, 0.3) is 0 Å². The van der Waals surface area contributed by atoms with Crippen LogP contribution in [0.2, 0.25) is 0 Å². The van der Waals surface area contributed by atoms with Gasteiger partial charge in [-0.25, -0.2) is 0 Å². The average Bonchev–Trinajstić information content (AvgIpc) is 2.20. The van der Waals surface area contributed by atoms with Gasteiger partial charge in [-0.05, 0) is 17.7 Å². The second-order valence-corrected chi connectivity index (χ2v) is 4.50. The molecule has 0 spiro atoms. The van der Waals surface area contributed by atoms with Gasteiger partial charge in [0, 0.05) is 37.3 Å². The van der Waals surface area contributed by atoms with Crippen molar-refractivity contribution in [1.29, 1.82) is 0 Å². The molecule has 0 saturated heterocycles. The molecule has 0 heterocycles. The second kappa shape index (κ2) is 5.12. The fourth-order valence-corrected chi connectivity index (χ4v) is 1.67. The van der Waals surface area contributed by atoms with E-state index in [2.05, 4.69) is 15.9 Å². The molecule has 0 atom stereocenters. The minimum absolute atomic E-state index is 0.123. The van der Waals surface area contributed by atoms with E-state index in [9.17, 15) is 10.1 Å². The first-order valence-electron chi connectivity index (χ1n) is 4.71. The minimum atomic E-state index is -0.397. The number of anilines is 1. The van der Waals surface area contributed by atoms with Crippen LogP contribution in [0.15, 0.2) is 28.4 Å². The molecule has 1 aromatic rings. The maximum absolute atomic E-state index is 10.5. The topological polar surface area (TPSA) is 46.4 Å². The molecule has 5 heteroatoms. The normalized spacial score (nSPS) is 11.4. The lowest BCUT2D eigenvalue weighted by molar-refractivity contribution is -0.422. The maximum Gasteiger partial charge on any atom is 0.243 e. The van der Waals surface area contributed by atoms with Crippen LogP contribution in [-0.4, -0.2) is 19.0 Å². The number of nitrogens with zero attached hydrogens (tertiary/aromatic N) is 2. The zero-order chi connectivity index (χ0) is 12.3. The summed E-state index contributed by atoms with van der Waals surface area (Å²) in [7, 11) is 3.89. The number of nitro groups is 1. The number of rotatable bonds is 3. The lowest BCUT2D eigenvalue weighted by Gasteiger charge is -2.13. The Morgan fingerprint density at radius 3 is 2.56 bits per heavy atom. The molecule has 0 aliphatic rings. The van der Waals surface area contributed by atoms with Crippen molar-refractivity contribution in [2.45, 2.75) is 6.92 Å². The van der Waals surface area contributed by atoms with Gasteiger partial charge in [-0.2, -0.15) is 0 Å². The quantitative estimate of drug-likeness (QED) is 0.633. The van der Waals surface area contributed by atoms with Crippen LogP contribution in [-0.2, 0) is 0 Å². The summed E-state index contributed by atoms with van der Waals surface area (Å²) in [6.45, 7) is 1.48. The summed E-state index contributed by atoms with van der Waals surface area (Å²) in [5.41, 5.74) is 1.97. The lowest BCUT2D eigenvalue weighted by atomic mass is 10.2. The summed E-state index contributed by atoms with van der Waals surface area (Å²) in [6, 6.07) is 5.70. The second-order valence-electron chi connectivity index (χ2n) is 3.64. The third-order valence-corrected chi connectivity index (χ3v) is 2.84. The summed E-state index contributed by atoms with van der Waals surface area (Å²) in [5.74, 6) is 0. The monoisotopic (exact) mass is 284 g/mol. The highest BCUT2D eigenvalue weighted by atomic mass is 79.9. The molecule has 1 aromatic carbocycles. The molecule has 16 heavy (non-hydrogen) atoms. The van der Waals surface area contributed by atoms with Crippen molar-refractivity contribution >= 4 is 27.7 Å². The molecule has 0 N–H and O–H groups in total. The fraction of sp³-hybridized carbons (Fsp3) is 0.273. The number of halogens is 1. The maximum atomic E-state index is 10.5. The highest BCUT2D eigenvalue weighted by molar-refractivity contribution is 9.10. The summed E-state index contributed by atoms with van der Waals surface area (Å²) < 4.78 is 0.847. The average molecular weight is 285 g/mol. The van der Waals surface area contributed by atoms with Gasteiger partial charge >= 0.3 is 0 Å². The van der Waals surface area contributed by atoms with E-state index in [1.807, 2.05) is 37.2 Å². The molecule has 0 saturated carbocycles. The smallest absolute Gasteiger partial charge is 0.243 e. The molecule has 1 rings (SSSR count). The van der Waals surface area contributed by atoms with E-state index in [0.717, 1.165) is 15.7 Å². The van der Waals surface area contributed by atoms with E-state index in [4.69, 9.17) is 0 Å². The van der Waals surface area contributed by atoms with Crippen LogP contribution in [0.4, 0.5) is 5.69 Å². The molecule has 0 unspecified atom stereocenters. The van der Waals surface area contributed by atoms with E-state index in [-0.39, 0.29) is 5.70 Å². The Morgan fingerprint density at radius 1 is 1.50 bits per heavy atom. The molecule has 86 valence electrons. The van der Waals surface area contributed by atoms with E-state index in [1.54, 1.807) is 6.08 Å². The Morgan fingerprint density at radius 2 is 2.12 bits per heavy atom. The summed E-state index contributed by atoms with van der Waals surface area (Å²) in [6.07, 6.45) is 1.55. The van der Waals surface area contributed by atoms with Gasteiger partial charge in [0.2, 0.25) is 5.70 Å². The molecule has 0 radical (unpaired) electrons. The van der Waals surface area contributed by atoms with Crippen molar-refractivity contribution in [3.8, 4) is 0 Å². The van der Waals surface area contributed by atoms with Gasteiger partial charge < -0.3 is 4.90 Å². The Bertz CT molecular complexity index is 442.